The molecule has 0 saturated carbocycles. The topological polar surface area (TPSA) is 50.1 Å². The minimum Gasteiger partial charge on any atom is -0.392 e. The molecule has 1 aromatic heterocycles. The second-order valence-corrected chi connectivity index (χ2v) is 5.31. The SMILES string of the molecule is OCc1cc(CNCc2cccc(-n3cccn3)c2)ccc1F. The number of hydrogen-bond donors (Lipinski definition) is 2. The van der Waals surface area contributed by atoms with Crippen LogP contribution in [-0.4, -0.2) is 14.9 Å². The number of aromatic nitrogens is 2. The molecule has 0 saturated heterocycles. The molecule has 0 aliphatic carbocycles. The van der Waals surface area contributed by atoms with Gasteiger partial charge in [0.1, 0.15) is 5.82 Å². The molecule has 118 valence electrons. The molecule has 3 rings (SSSR count). The van der Waals surface area contributed by atoms with Crippen molar-refractivity contribution in [2.75, 3.05) is 0 Å². The Balaban J connectivity index is 1.62. The van der Waals surface area contributed by atoms with E-state index in [1.165, 1.54) is 6.07 Å². The van der Waals surface area contributed by atoms with Gasteiger partial charge in [0.25, 0.3) is 0 Å². The van der Waals surface area contributed by atoms with Crippen molar-refractivity contribution in [2.45, 2.75) is 19.7 Å². The van der Waals surface area contributed by atoms with Crippen LogP contribution >= 0.6 is 0 Å². The predicted molar refractivity (Wildman–Crippen MR) is 86.4 cm³/mol. The third-order valence-electron chi connectivity index (χ3n) is 3.62. The van der Waals surface area contributed by atoms with E-state index >= 15 is 0 Å². The summed E-state index contributed by atoms with van der Waals surface area (Å²) in [5, 5.41) is 16.6. The summed E-state index contributed by atoms with van der Waals surface area (Å²) in [5.74, 6) is -0.372. The third kappa shape index (κ3) is 3.83. The summed E-state index contributed by atoms with van der Waals surface area (Å²) >= 11 is 0. The fraction of sp³-hybridized carbons (Fsp3) is 0.167. The predicted octanol–water partition coefficient (Wildman–Crippen LogP) is 2.79. The lowest BCUT2D eigenvalue weighted by atomic mass is 10.1. The van der Waals surface area contributed by atoms with Crippen molar-refractivity contribution in [3.63, 3.8) is 0 Å². The molecule has 5 heteroatoms. The summed E-state index contributed by atoms with van der Waals surface area (Å²) in [6, 6.07) is 14.8. The summed E-state index contributed by atoms with van der Waals surface area (Å²) in [7, 11) is 0. The van der Waals surface area contributed by atoms with Gasteiger partial charge in [-0.1, -0.05) is 18.2 Å². The van der Waals surface area contributed by atoms with Gasteiger partial charge in [0, 0.05) is 31.0 Å². The van der Waals surface area contributed by atoms with Gasteiger partial charge >= 0.3 is 0 Å². The average molecular weight is 311 g/mol. The van der Waals surface area contributed by atoms with Gasteiger partial charge in [0.05, 0.1) is 12.3 Å². The molecular formula is C18H18FN3O. The van der Waals surface area contributed by atoms with Gasteiger partial charge < -0.3 is 10.4 Å². The summed E-state index contributed by atoms with van der Waals surface area (Å²) in [6.07, 6.45) is 3.65. The first-order chi connectivity index (χ1) is 11.3. The van der Waals surface area contributed by atoms with Crippen LogP contribution < -0.4 is 5.32 Å². The molecule has 0 bridgehead atoms. The molecule has 0 amide bonds. The summed E-state index contributed by atoms with van der Waals surface area (Å²) in [4.78, 5) is 0. The second kappa shape index (κ2) is 7.17. The Hall–Kier alpha value is -2.50. The molecule has 0 radical (unpaired) electrons. The van der Waals surface area contributed by atoms with Crippen LogP contribution in [0.25, 0.3) is 5.69 Å². The first-order valence-electron chi connectivity index (χ1n) is 7.44. The molecule has 0 fully saturated rings. The molecule has 2 aromatic carbocycles. The van der Waals surface area contributed by atoms with E-state index in [9.17, 15) is 4.39 Å². The number of nitrogens with zero attached hydrogens (tertiary/aromatic N) is 2. The molecule has 2 N–H and O–H groups in total. The number of nitrogens with one attached hydrogen (secondary N) is 1. The lowest BCUT2D eigenvalue weighted by Gasteiger charge is -2.09. The summed E-state index contributed by atoms with van der Waals surface area (Å²) < 4.78 is 15.2. The Kier molecular flexibility index (Phi) is 4.80. The van der Waals surface area contributed by atoms with Crippen molar-refractivity contribution in [1.82, 2.24) is 15.1 Å². The number of halogens is 1. The Morgan fingerprint density at radius 1 is 1.04 bits per heavy atom. The van der Waals surface area contributed by atoms with Crippen LogP contribution in [0.5, 0.6) is 0 Å². The molecule has 0 spiro atoms. The van der Waals surface area contributed by atoms with Crippen LogP contribution in [-0.2, 0) is 19.7 Å². The second-order valence-electron chi connectivity index (χ2n) is 5.31. The molecular weight excluding hydrogens is 293 g/mol. The lowest BCUT2D eigenvalue weighted by molar-refractivity contribution is 0.275. The molecule has 4 nitrogen and oxygen atoms in total. The van der Waals surface area contributed by atoms with Crippen molar-refractivity contribution in [2.24, 2.45) is 0 Å². The van der Waals surface area contributed by atoms with Crippen LogP contribution in [0.2, 0.25) is 0 Å². The zero-order valence-electron chi connectivity index (χ0n) is 12.6. The number of aliphatic hydroxyl groups is 1. The van der Waals surface area contributed by atoms with Gasteiger partial charge in [0.2, 0.25) is 0 Å². The van der Waals surface area contributed by atoms with Gasteiger partial charge in [0.15, 0.2) is 0 Å². The van der Waals surface area contributed by atoms with Gasteiger partial charge in [-0.25, -0.2) is 9.07 Å². The summed E-state index contributed by atoms with van der Waals surface area (Å²) in [6.45, 7) is 1.02. The quantitative estimate of drug-likeness (QED) is 0.736. The maximum atomic E-state index is 13.3. The molecule has 0 aliphatic heterocycles. The standard InChI is InChI=1S/C18H18FN3O/c19-18-6-5-15(9-16(18)13-23)12-20-11-14-3-1-4-17(10-14)22-8-2-7-21-22/h1-10,20,23H,11-13H2. The molecule has 3 aromatic rings. The minimum absolute atomic E-state index is 0.286. The van der Waals surface area contributed by atoms with Gasteiger partial charge in [-0.15, -0.1) is 0 Å². The van der Waals surface area contributed by atoms with E-state index in [2.05, 4.69) is 16.5 Å². The zero-order chi connectivity index (χ0) is 16.1. The molecule has 23 heavy (non-hydrogen) atoms. The van der Waals surface area contributed by atoms with E-state index in [0.29, 0.717) is 18.7 Å². The molecule has 0 unspecified atom stereocenters. The van der Waals surface area contributed by atoms with Gasteiger partial charge in [-0.2, -0.15) is 5.10 Å². The largest absolute Gasteiger partial charge is 0.392 e. The smallest absolute Gasteiger partial charge is 0.128 e. The van der Waals surface area contributed by atoms with Crippen molar-refractivity contribution < 1.29 is 9.50 Å². The van der Waals surface area contributed by atoms with E-state index in [4.69, 9.17) is 5.11 Å². The number of rotatable bonds is 6. The first-order valence-corrected chi connectivity index (χ1v) is 7.44. The van der Waals surface area contributed by atoms with E-state index in [1.54, 1.807) is 18.3 Å². The van der Waals surface area contributed by atoms with Crippen LogP contribution in [0.4, 0.5) is 4.39 Å². The van der Waals surface area contributed by atoms with Crippen molar-refractivity contribution in [1.29, 1.82) is 0 Å². The maximum Gasteiger partial charge on any atom is 0.128 e. The third-order valence-corrected chi connectivity index (χ3v) is 3.62. The average Bonchev–Trinajstić information content (AvgIpc) is 3.11. The molecule has 1 heterocycles. The van der Waals surface area contributed by atoms with Crippen LogP contribution in [0.3, 0.4) is 0 Å². The van der Waals surface area contributed by atoms with E-state index in [-0.39, 0.29) is 12.4 Å². The normalized spacial score (nSPS) is 10.9. The highest BCUT2D eigenvalue weighted by Crippen LogP contribution is 2.12. The number of hydrogen-bond acceptors (Lipinski definition) is 3. The Labute approximate surface area is 134 Å². The highest BCUT2D eigenvalue weighted by molar-refractivity contribution is 5.35. The molecule has 0 atom stereocenters. The lowest BCUT2D eigenvalue weighted by Crippen LogP contribution is -2.13. The van der Waals surface area contributed by atoms with Crippen LogP contribution in [0.15, 0.2) is 60.9 Å². The zero-order valence-corrected chi connectivity index (χ0v) is 12.6. The maximum absolute atomic E-state index is 13.3. The summed E-state index contributed by atoms with van der Waals surface area (Å²) in [5.41, 5.74) is 3.42. The number of benzene rings is 2. The Morgan fingerprint density at radius 2 is 1.87 bits per heavy atom. The highest BCUT2D eigenvalue weighted by Gasteiger charge is 2.03. The highest BCUT2D eigenvalue weighted by atomic mass is 19.1. The minimum atomic E-state index is -0.372. The van der Waals surface area contributed by atoms with E-state index in [1.807, 2.05) is 35.1 Å². The monoisotopic (exact) mass is 311 g/mol. The van der Waals surface area contributed by atoms with Crippen LogP contribution in [0.1, 0.15) is 16.7 Å². The number of aliphatic hydroxyl groups excluding tert-OH is 1. The van der Waals surface area contributed by atoms with Crippen LogP contribution in [0, 0.1) is 5.82 Å². The van der Waals surface area contributed by atoms with Crippen molar-refractivity contribution >= 4 is 0 Å². The fourth-order valence-corrected chi connectivity index (χ4v) is 2.44. The van der Waals surface area contributed by atoms with Gasteiger partial charge in [-0.05, 0) is 41.5 Å². The fourth-order valence-electron chi connectivity index (χ4n) is 2.44. The van der Waals surface area contributed by atoms with E-state index < -0.39 is 0 Å². The first kappa shape index (κ1) is 15.4. The van der Waals surface area contributed by atoms with E-state index in [0.717, 1.165) is 16.8 Å². The van der Waals surface area contributed by atoms with Crippen molar-refractivity contribution in [3.05, 3.63) is 83.4 Å². The van der Waals surface area contributed by atoms with Crippen molar-refractivity contribution in [3.8, 4) is 5.69 Å². The Bertz CT molecular complexity index is 772. The van der Waals surface area contributed by atoms with Gasteiger partial charge in [-0.3, -0.25) is 0 Å². The Morgan fingerprint density at radius 3 is 2.61 bits per heavy atom. The molecule has 0 aliphatic rings.